The maximum Gasteiger partial charge on any atom is 0.252 e. The Morgan fingerprint density at radius 2 is 1.61 bits per heavy atom. The van der Waals surface area contributed by atoms with Crippen LogP contribution in [0.15, 0.2) is 60.8 Å². The lowest BCUT2D eigenvalue weighted by atomic mass is 9.79. The first-order chi connectivity index (χ1) is 17.1. The molecule has 36 heavy (non-hydrogen) atoms. The van der Waals surface area contributed by atoms with E-state index in [0.29, 0.717) is 17.9 Å². The first-order valence-electron chi connectivity index (χ1n) is 13.0. The summed E-state index contributed by atoms with van der Waals surface area (Å²) < 4.78 is 0. The molecule has 2 amide bonds. The molecule has 0 unspecified atom stereocenters. The number of aromatic nitrogens is 1. The van der Waals surface area contributed by atoms with E-state index in [1.165, 1.54) is 25.9 Å². The maximum atomic E-state index is 13.7. The number of carbonyl (C=O) groups is 2. The summed E-state index contributed by atoms with van der Waals surface area (Å²) in [5.41, 5.74) is 2.53. The minimum Gasteiger partial charge on any atom is -0.361 e. The molecule has 7 heteroatoms. The number of rotatable bonds is 6. The van der Waals surface area contributed by atoms with Gasteiger partial charge in [0.05, 0.1) is 0 Å². The van der Waals surface area contributed by atoms with Crippen molar-refractivity contribution in [2.45, 2.75) is 38.1 Å². The van der Waals surface area contributed by atoms with Crippen LogP contribution in [-0.4, -0.2) is 65.9 Å². The Balaban J connectivity index is 0.00000304. The topological polar surface area (TPSA) is 68.4 Å². The van der Waals surface area contributed by atoms with Crippen LogP contribution >= 0.6 is 12.4 Å². The third-order valence-electron chi connectivity index (χ3n) is 7.98. The Morgan fingerprint density at radius 1 is 0.944 bits per heavy atom. The van der Waals surface area contributed by atoms with Gasteiger partial charge >= 0.3 is 0 Å². The lowest BCUT2D eigenvalue weighted by Crippen LogP contribution is -2.52. The van der Waals surface area contributed by atoms with Crippen LogP contribution in [0.25, 0.3) is 10.9 Å². The van der Waals surface area contributed by atoms with Gasteiger partial charge in [-0.2, -0.15) is 0 Å². The maximum absolute atomic E-state index is 13.7. The second-order valence-electron chi connectivity index (χ2n) is 10.3. The van der Waals surface area contributed by atoms with Crippen molar-refractivity contribution >= 4 is 35.1 Å². The number of carbonyl (C=O) groups excluding carboxylic acids is 2. The largest absolute Gasteiger partial charge is 0.361 e. The van der Waals surface area contributed by atoms with Gasteiger partial charge in [-0.25, -0.2) is 0 Å². The van der Waals surface area contributed by atoms with Gasteiger partial charge in [0.25, 0.3) is 5.91 Å². The minimum atomic E-state index is -0.580. The molecule has 3 heterocycles. The molecule has 2 aromatic carbocycles. The molecular formula is C29H37ClN4O2. The lowest BCUT2D eigenvalue weighted by molar-refractivity contribution is -0.135. The highest BCUT2D eigenvalue weighted by Crippen LogP contribution is 2.32. The third kappa shape index (κ3) is 6.11. The first-order valence-corrected chi connectivity index (χ1v) is 13.0. The molecule has 2 N–H and O–H groups in total. The van der Waals surface area contributed by atoms with E-state index in [9.17, 15) is 9.59 Å². The Labute approximate surface area is 219 Å². The van der Waals surface area contributed by atoms with E-state index in [4.69, 9.17) is 0 Å². The summed E-state index contributed by atoms with van der Waals surface area (Å²) in [6.07, 6.45) is 7.03. The SMILES string of the molecule is CN1CCC(C2CCN(C(=O)[C@@H](Cc3ccccc3)NC(=O)c3ccc4cc[nH]c4c3)CC2)CC1.Cl. The van der Waals surface area contributed by atoms with Gasteiger partial charge < -0.3 is 20.1 Å². The Kier molecular flexibility index (Phi) is 8.70. The Morgan fingerprint density at radius 3 is 2.31 bits per heavy atom. The summed E-state index contributed by atoms with van der Waals surface area (Å²) in [5, 5.41) is 4.13. The first kappa shape index (κ1) is 26.2. The summed E-state index contributed by atoms with van der Waals surface area (Å²) in [4.78, 5) is 34.4. The van der Waals surface area contributed by atoms with Gasteiger partial charge in [0.1, 0.15) is 6.04 Å². The van der Waals surface area contributed by atoms with E-state index in [1.807, 2.05) is 65.7 Å². The van der Waals surface area contributed by atoms with E-state index in [-0.39, 0.29) is 24.2 Å². The predicted molar refractivity (Wildman–Crippen MR) is 146 cm³/mol. The number of halogens is 1. The molecule has 1 aromatic heterocycles. The fourth-order valence-corrected chi connectivity index (χ4v) is 5.79. The number of hydrogen-bond donors (Lipinski definition) is 2. The van der Waals surface area contributed by atoms with E-state index in [2.05, 4.69) is 22.2 Å². The van der Waals surface area contributed by atoms with E-state index >= 15 is 0 Å². The van der Waals surface area contributed by atoms with Crippen LogP contribution in [0, 0.1) is 11.8 Å². The fourth-order valence-electron chi connectivity index (χ4n) is 5.79. The van der Waals surface area contributed by atoms with Gasteiger partial charge in [-0.1, -0.05) is 36.4 Å². The Bertz CT molecular complexity index is 1150. The van der Waals surface area contributed by atoms with Crippen LogP contribution in [0.3, 0.4) is 0 Å². The van der Waals surface area contributed by atoms with Crippen molar-refractivity contribution in [2.75, 3.05) is 33.2 Å². The normalized spacial score (nSPS) is 18.5. The minimum absolute atomic E-state index is 0. The average molecular weight is 509 g/mol. The number of nitrogens with one attached hydrogen (secondary N) is 2. The zero-order valence-corrected chi connectivity index (χ0v) is 21.8. The number of amides is 2. The molecule has 0 saturated carbocycles. The molecule has 0 bridgehead atoms. The van der Waals surface area contributed by atoms with Crippen molar-refractivity contribution in [3.8, 4) is 0 Å². The fraction of sp³-hybridized carbons (Fsp3) is 0.448. The molecule has 2 aliphatic rings. The van der Waals surface area contributed by atoms with Gasteiger partial charge in [-0.3, -0.25) is 9.59 Å². The third-order valence-corrected chi connectivity index (χ3v) is 7.98. The zero-order valence-electron chi connectivity index (χ0n) is 21.0. The number of H-pyrrole nitrogens is 1. The van der Waals surface area contributed by atoms with E-state index in [0.717, 1.165) is 48.3 Å². The second-order valence-corrected chi connectivity index (χ2v) is 10.3. The summed E-state index contributed by atoms with van der Waals surface area (Å²) in [6.45, 7) is 3.93. The van der Waals surface area contributed by atoms with Crippen molar-refractivity contribution in [1.82, 2.24) is 20.1 Å². The molecule has 2 aliphatic heterocycles. The van der Waals surface area contributed by atoms with E-state index in [1.54, 1.807) is 0 Å². The standard InChI is InChI=1S/C29H36N4O2.ClH/c1-32-15-10-22(11-16-32)23-12-17-33(18-13-23)29(35)27(19-21-5-3-2-4-6-21)31-28(34)25-8-7-24-9-14-30-26(24)20-25;/h2-9,14,20,22-23,27,30H,10-13,15-19H2,1H3,(H,31,34);1H/t27-;/m1./s1. The molecule has 6 nitrogen and oxygen atoms in total. The van der Waals surface area contributed by atoms with Crippen molar-refractivity contribution < 1.29 is 9.59 Å². The van der Waals surface area contributed by atoms with Gasteiger partial charge in [0, 0.05) is 36.8 Å². The molecule has 5 rings (SSSR count). The van der Waals surface area contributed by atoms with Crippen molar-refractivity contribution in [3.63, 3.8) is 0 Å². The summed E-state index contributed by atoms with van der Waals surface area (Å²) in [5.74, 6) is 1.32. The highest BCUT2D eigenvalue weighted by molar-refractivity contribution is 6.00. The zero-order chi connectivity index (χ0) is 24.2. The van der Waals surface area contributed by atoms with Crippen LogP contribution in [0.2, 0.25) is 0 Å². The summed E-state index contributed by atoms with van der Waals surface area (Å²) in [7, 11) is 2.20. The monoisotopic (exact) mass is 508 g/mol. The molecule has 2 fully saturated rings. The average Bonchev–Trinajstić information content (AvgIpc) is 3.37. The van der Waals surface area contributed by atoms with Crippen LogP contribution in [0.4, 0.5) is 0 Å². The van der Waals surface area contributed by atoms with Crippen molar-refractivity contribution in [2.24, 2.45) is 11.8 Å². The molecular weight excluding hydrogens is 472 g/mol. The highest BCUT2D eigenvalue weighted by atomic mass is 35.5. The second kappa shape index (κ2) is 11.9. The molecule has 3 aromatic rings. The molecule has 0 spiro atoms. The quantitative estimate of drug-likeness (QED) is 0.514. The molecule has 0 radical (unpaired) electrons. The van der Waals surface area contributed by atoms with Crippen molar-refractivity contribution in [1.29, 1.82) is 0 Å². The highest BCUT2D eigenvalue weighted by Gasteiger charge is 2.33. The smallest absolute Gasteiger partial charge is 0.252 e. The number of piperidine rings is 2. The number of aromatic amines is 1. The number of benzene rings is 2. The number of fused-ring (bicyclic) bond motifs is 1. The lowest BCUT2D eigenvalue weighted by Gasteiger charge is -2.40. The number of nitrogens with zero attached hydrogens (tertiary/aromatic N) is 2. The molecule has 2 saturated heterocycles. The van der Waals surface area contributed by atoms with Crippen LogP contribution < -0.4 is 5.32 Å². The van der Waals surface area contributed by atoms with E-state index < -0.39 is 6.04 Å². The van der Waals surface area contributed by atoms with Gasteiger partial charge in [0.2, 0.25) is 5.91 Å². The number of likely N-dealkylation sites (tertiary alicyclic amines) is 2. The van der Waals surface area contributed by atoms with Crippen LogP contribution in [0.1, 0.15) is 41.6 Å². The number of hydrogen-bond acceptors (Lipinski definition) is 3. The van der Waals surface area contributed by atoms with Crippen molar-refractivity contribution in [3.05, 3.63) is 71.9 Å². The van der Waals surface area contributed by atoms with Gasteiger partial charge in [-0.05, 0) is 86.8 Å². The predicted octanol–water partition coefficient (Wildman–Crippen LogP) is 4.51. The molecule has 0 aliphatic carbocycles. The molecule has 1 atom stereocenters. The van der Waals surface area contributed by atoms with Gasteiger partial charge in [0.15, 0.2) is 0 Å². The summed E-state index contributed by atoms with van der Waals surface area (Å²) in [6, 6.07) is 17.0. The van der Waals surface area contributed by atoms with Gasteiger partial charge in [-0.15, -0.1) is 12.4 Å². The van der Waals surface area contributed by atoms with Crippen LogP contribution in [-0.2, 0) is 11.2 Å². The van der Waals surface area contributed by atoms with Crippen LogP contribution in [0.5, 0.6) is 0 Å². The Hall–Kier alpha value is -2.83. The summed E-state index contributed by atoms with van der Waals surface area (Å²) >= 11 is 0. The molecule has 192 valence electrons.